The van der Waals surface area contributed by atoms with Crippen LogP contribution in [-0.2, 0) is 4.74 Å². The van der Waals surface area contributed by atoms with Gasteiger partial charge in [-0.2, -0.15) is 0 Å². The van der Waals surface area contributed by atoms with Crippen molar-refractivity contribution in [2.24, 2.45) is 5.41 Å². The van der Waals surface area contributed by atoms with Crippen molar-refractivity contribution in [1.29, 1.82) is 0 Å². The molecule has 3 aromatic carbocycles. The highest BCUT2D eigenvalue weighted by Crippen LogP contribution is 2.46. The number of rotatable bonds is 5. The number of carbonyl (C=O) groups excluding carboxylic acids is 1. The Bertz CT molecular complexity index is 1970. The number of likely N-dealkylation sites (N-methyl/N-ethyl adjacent to an activating group) is 2. The van der Waals surface area contributed by atoms with Crippen LogP contribution in [0.15, 0.2) is 60.7 Å². The van der Waals surface area contributed by atoms with Crippen molar-refractivity contribution in [1.82, 2.24) is 4.58 Å². The number of nitrogens with zero attached hydrogens (tertiary/aromatic N) is 2. The lowest BCUT2D eigenvalue weighted by Gasteiger charge is -2.43. The van der Waals surface area contributed by atoms with Gasteiger partial charge in [0.25, 0.3) is 0 Å². The molecule has 0 unspecified atom stereocenters. The quantitative estimate of drug-likeness (QED) is 0.168. The van der Waals surface area contributed by atoms with Crippen LogP contribution in [0, 0.1) is 5.41 Å². The van der Waals surface area contributed by atoms with Gasteiger partial charge in [-0.3, -0.25) is 0 Å². The van der Waals surface area contributed by atoms with E-state index in [0.29, 0.717) is 12.2 Å². The summed E-state index contributed by atoms with van der Waals surface area (Å²) in [4.78, 5) is 16.2. The summed E-state index contributed by atoms with van der Waals surface area (Å²) < 4.78 is 15.3. The Balaban J connectivity index is 1.71. The number of esters is 1. The monoisotopic (exact) mass is 617 g/mol. The zero-order chi connectivity index (χ0) is 33.3. The predicted octanol–water partition coefficient (Wildman–Crippen LogP) is 7.97. The SMILES string of the molecule is CCN1c2cc3c(cc2C(C)=CC1(C)C)C(c1ccccc1C(=O)OCC(C)(C)C)=c1cc2c(cc1O3)=[N+](CC)C(C)(C)C=C2C. The summed E-state index contributed by atoms with van der Waals surface area (Å²) in [6, 6.07) is 16.8. The molecule has 0 atom stereocenters. The summed E-state index contributed by atoms with van der Waals surface area (Å²) in [7, 11) is 0. The molecule has 0 bridgehead atoms. The van der Waals surface area contributed by atoms with E-state index in [1.165, 1.54) is 33.3 Å². The van der Waals surface area contributed by atoms with E-state index in [4.69, 9.17) is 9.47 Å². The zero-order valence-electron chi connectivity index (χ0n) is 29.5. The maximum atomic E-state index is 13.8. The van der Waals surface area contributed by atoms with Crippen LogP contribution in [0.3, 0.4) is 0 Å². The Morgan fingerprint density at radius 1 is 0.870 bits per heavy atom. The highest BCUT2D eigenvalue weighted by atomic mass is 16.5. The van der Waals surface area contributed by atoms with Crippen LogP contribution in [-0.4, -0.2) is 36.7 Å². The molecule has 0 fully saturated rings. The number of fused-ring (bicyclic) bond motifs is 4. The van der Waals surface area contributed by atoms with Crippen LogP contribution >= 0.6 is 0 Å². The highest BCUT2D eigenvalue weighted by molar-refractivity contribution is 6.00. The van der Waals surface area contributed by atoms with Gasteiger partial charge in [0.1, 0.15) is 18.0 Å². The van der Waals surface area contributed by atoms with Crippen LogP contribution < -0.4 is 24.8 Å². The lowest BCUT2D eigenvalue weighted by molar-refractivity contribution is 0.0366. The fourth-order valence-corrected chi connectivity index (χ4v) is 7.72. The zero-order valence-corrected chi connectivity index (χ0v) is 29.5. The van der Waals surface area contributed by atoms with E-state index in [9.17, 15) is 4.79 Å². The van der Waals surface area contributed by atoms with Crippen molar-refractivity contribution in [3.8, 4) is 11.5 Å². The standard InChI is InChI=1S/C41H49N2O3/c1-12-42-33-20-35-31(18-29(33)25(3)22-40(42,8)9)37(27-16-14-15-17-28(27)38(44)45-24-39(5,6)7)32-19-30-26(4)23-41(10,11)43(13-2)34(30)21-36(32)46-35/h14-23H,12-13,24H2,1-11H3/q+1. The second-order valence-corrected chi connectivity index (χ2v) is 15.3. The third kappa shape index (κ3) is 5.28. The third-order valence-corrected chi connectivity index (χ3v) is 9.60. The molecule has 0 amide bonds. The topological polar surface area (TPSA) is 41.8 Å². The van der Waals surface area contributed by atoms with Crippen LogP contribution in [0.5, 0.6) is 11.5 Å². The second kappa shape index (κ2) is 11.0. The lowest BCUT2D eigenvalue weighted by Crippen LogP contribution is -2.49. The largest absolute Gasteiger partial charge is 0.462 e. The number of hydrogen-bond donors (Lipinski definition) is 0. The number of ether oxygens (including phenoxy) is 2. The first kappa shape index (κ1) is 31.8. The summed E-state index contributed by atoms with van der Waals surface area (Å²) in [6.07, 6.45) is 4.71. The minimum Gasteiger partial charge on any atom is -0.462 e. The van der Waals surface area contributed by atoms with Gasteiger partial charge in [0.05, 0.1) is 23.8 Å². The molecular weight excluding hydrogens is 568 g/mol. The van der Waals surface area contributed by atoms with Crippen LogP contribution in [0.2, 0.25) is 0 Å². The summed E-state index contributed by atoms with van der Waals surface area (Å²) in [5.74, 6) is 1.29. The van der Waals surface area contributed by atoms with E-state index in [-0.39, 0.29) is 22.5 Å². The first-order chi connectivity index (χ1) is 21.6. The van der Waals surface area contributed by atoms with Gasteiger partial charge in [0, 0.05) is 59.6 Å². The van der Waals surface area contributed by atoms with E-state index in [1.807, 2.05) is 18.2 Å². The molecule has 0 aliphatic carbocycles. The van der Waals surface area contributed by atoms with Crippen molar-refractivity contribution in [3.63, 3.8) is 0 Å². The number of anilines is 1. The van der Waals surface area contributed by atoms with Gasteiger partial charge in [0.15, 0.2) is 5.54 Å². The normalized spacial score (nSPS) is 17.6. The molecule has 0 spiro atoms. The Kier molecular flexibility index (Phi) is 7.62. The Hall–Kier alpha value is -4.12. The maximum absolute atomic E-state index is 13.8. The molecule has 3 heterocycles. The van der Waals surface area contributed by atoms with Crippen molar-refractivity contribution in [3.05, 3.63) is 99.1 Å². The van der Waals surface area contributed by atoms with Crippen LogP contribution in [0.1, 0.15) is 109 Å². The molecule has 0 saturated carbocycles. The summed E-state index contributed by atoms with van der Waals surface area (Å²) in [5, 5.41) is 2.15. The molecule has 0 saturated heterocycles. The minimum atomic E-state index is -0.312. The molecule has 3 aromatic rings. The number of carbonyl (C=O) groups is 1. The summed E-state index contributed by atoms with van der Waals surface area (Å²) >= 11 is 0. The van der Waals surface area contributed by atoms with E-state index in [2.05, 4.69) is 128 Å². The Morgan fingerprint density at radius 3 is 2.24 bits per heavy atom. The molecule has 0 N–H and O–H groups in total. The van der Waals surface area contributed by atoms with Crippen LogP contribution in [0.4, 0.5) is 5.69 Å². The number of hydrogen-bond acceptors (Lipinski definition) is 4. The van der Waals surface area contributed by atoms with E-state index < -0.39 is 0 Å². The van der Waals surface area contributed by atoms with E-state index in [0.717, 1.165) is 46.5 Å². The molecule has 5 heteroatoms. The van der Waals surface area contributed by atoms with Gasteiger partial charge in [0.2, 0.25) is 5.36 Å². The molecule has 3 aliphatic heterocycles. The van der Waals surface area contributed by atoms with Gasteiger partial charge in [-0.25, -0.2) is 9.37 Å². The first-order valence-electron chi connectivity index (χ1n) is 16.7. The second-order valence-electron chi connectivity index (χ2n) is 15.3. The molecule has 3 aliphatic rings. The summed E-state index contributed by atoms with van der Waals surface area (Å²) in [6.45, 7) is 26.2. The highest BCUT2D eigenvalue weighted by Gasteiger charge is 2.36. The molecule has 0 aromatic heterocycles. The first-order valence-corrected chi connectivity index (χ1v) is 16.7. The van der Waals surface area contributed by atoms with Crippen LogP contribution in [0.25, 0.3) is 16.7 Å². The van der Waals surface area contributed by atoms with E-state index >= 15 is 0 Å². The van der Waals surface area contributed by atoms with Gasteiger partial charge < -0.3 is 14.4 Å². The molecule has 5 nitrogen and oxygen atoms in total. The summed E-state index contributed by atoms with van der Waals surface area (Å²) in [5.41, 5.74) is 9.00. The van der Waals surface area contributed by atoms with Crippen molar-refractivity contribution >= 4 is 28.4 Å². The molecule has 0 radical (unpaired) electrons. The Labute approximate surface area is 274 Å². The third-order valence-electron chi connectivity index (χ3n) is 9.60. The number of allylic oxidation sites excluding steroid dienone is 2. The fraction of sp³-hybridized carbons (Fsp3) is 0.415. The maximum Gasteiger partial charge on any atom is 0.338 e. The minimum absolute atomic E-state index is 0.126. The van der Waals surface area contributed by atoms with Gasteiger partial charge in [-0.05, 0) is 87.9 Å². The van der Waals surface area contributed by atoms with Gasteiger partial charge in [-0.1, -0.05) is 45.0 Å². The molecule has 240 valence electrons. The average Bonchev–Trinajstić information content (AvgIpc) is 2.96. The lowest BCUT2D eigenvalue weighted by atomic mass is 9.83. The van der Waals surface area contributed by atoms with Crippen molar-refractivity contribution in [2.45, 2.75) is 87.2 Å². The smallest absolute Gasteiger partial charge is 0.338 e. The van der Waals surface area contributed by atoms with E-state index in [1.54, 1.807) is 0 Å². The fourth-order valence-electron chi connectivity index (χ4n) is 7.72. The van der Waals surface area contributed by atoms with Crippen molar-refractivity contribution in [2.75, 3.05) is 24.6 Å². The molecule has 46 heavy (non-hydrogen) atoms. The molecular formula is C41H49N2O3+. The van der Waals surface area contributed by atoms with Crippen molar-refractivity contribution < 1.29 is 14.3 Å². The van der Waals surface area contributed by atoms with Gasteiger partial charge >= 0.3 is 5.97 Å². The van der Waals surface area contributed by atoms with Gasteiger partial charge in [-0.15, -0.1) is 0 Å². The Morgan fingerprint density at radius 2 is 1.57 bits per heavy atom. The number of benzene rings is 3. The average molecular weight is 618 g/mol. The predicted molar refractivity (Wildman–Crippen MR) is 190 cm³/mol. The molecule has 6 rings (SSSR count).